The van der Waals surface area contributed by atoms with Crippen molar-refractivity contribution < 1.29 is 19.1 Å². The summed E-state index contributed by atoms with van der Waals surface area (Å²) in [5.74, 6) is 1.74. The van der Waals surface area contributed by atoms with E-state index in [2.05, 4.69) is 46.8 Å². The van der Waals surface area contributed by atoms with Crippen LogP contribution in [0.4, 0.5) is 5.82 Å². The van der Waals surface area contributed by atoms with E-state index < -0.39 is 6.04 Å². The summed E-state index contributed by atoms with van der Waals surface area (Å²) < 4.78 is 8.13. The highest BCUT2D eigenvalue weighted by Crippen LogP contribution is 2.37. The standard InChI is InChI=1S/C47H54N10O4/c48-44-42-43(32-6-9-38(10-7-32)61-37-4-2-1-3-5-37)52-57(45(42)50-30-49-44)36-18-24-55(25-19-36)35-16-22-54(23-17-35)27-26-53-20-14-31(15-21-53)33-8-11-39-34(28-33)29-56(47(39)60)40-12-13-41(58)51-46(40)59/h1-11,28,30-31,35-36,40H,12-27,29H2,(H2,48,49,50)(H,51,58,59). The van der Waals surface area contributed by atoms with Crippen LogP contribution in [0.1, 0.15) is 84.8 Å². The molecule has 7 heterocycles. The third-order valence-electron chi connectivity index (χ3n) is 13.9. The van der Waals surface area contributed by atoms with Gasteiger partial charge in [0.25, 0.3) is 5.91 Å². The lowest BCUT2D eigenvalue weighted by Gasteiger charge is -2.42. The van der Waals surface area contributed by atoms with Crippen LogP contribution in [0.5, 0.6) is 11.5 Å². The van der Waals surface area contributed by atoms with E-state index in [4.69, 9.17) is 15.6 Å². The number of para-hydroxylation sites is 1. The van der Waals surface area contributed by atoms with Gasteiger partial charge in [-0.25, -0.2) is 14.6 Å². The number of nitrogens with one attached hydrogen (secondary N) is 1. The van der Waals surface area contributed by atoms with Gasteiger partial charge in [0.15, 0.2) is 5.65 Å². The van der Waals surface area contributed by atoms with Crippen LogP contribution in [0.25, 0.3) is 22.3 Å². The molecule has 316 valence electrons. The van der Waals surface area contributed by atoms with Crippen LogP contribution in [0, 0.1) is 0 Å². The van der Waals surface area contributed by atoms with E-state index in [1.54, 1.807) is 11.2 Å². The number of carbonyl (C=O) groups excluding carboxylic acids is 3. The Balaban J connectivity index is 0.679. The number of nitrogens with two attached hydrogens (primary N) is 1. The van der Waals surface area contributed by atoms with Crippen molar-refractivity contribution in [1.82, 2.24) is 44.7 Å². The number of piperidine rings is 4. The lowest BCUT2D eigenvalue weighted by molar-refractivity contribution is -0.136. The van der Waals surface area contributed by atoms with Crippen molar-refractivity contribution in [2.75, 3.05) is 58.1 Å². The van der Waals surface area contributed by atoms with Crippen LogP contribution in [0.15, 0.2) is 79.1 Å². The van der Waals surface area contributed by atoms with Crippen LogP contribution >= 0.6 is 0 Å². The summed E-state index contributed by atoms with van der Waals surface area (Å²) in [4.78, 5) is 56.0. The molecule has 5 aromatic rings. The van der Waals surface area contributed by atoms with Crippen LogP contribution in [-0.2, 0) is 16.1 Å². The summed E-state index contributed by atoms with van der Waals surface area (Å²) in [6.45, 7) is 9.18. The molecule has 3 amide bonds. The van der Waals surface area contributed by atoms with Crippen molar-refractivity contribution in [3.8, 4) is 22.8 Å². The van der Waals surface area contributed by atoms with Gasteiger partial charge in [-0.05, 0) is 131 Å². The predicted molar refractivity (Wildman–Crippen MR) is 232 cm³/mol. The minimum Gasteiger partial charge on any atom is -0.457 e. The molecule has 2 aromatic heterocycles. The van der Waals surface area contributed by atoms with E-state index in [0.29, 0.717) is 36.3 Å². The number of imide groups is 1. The number of hydrogen-bond donors (Lipinski definition) is 2. The number of anilines is 1. The van der Waals surface area contributed by atoms with Crippen molar-refractivity contribution in [2.45, 2.75) is 82.0 Å². The summed E-state index contributed by atoms with van der Waals surface area (Å²) in [6, 6.07) is 24.3. The molecule has 14 nitrogen and oxygen atoms in total. The van der Waals surface area contributed by atoms with Gasteiger partial charge >= 0.3 is 0 Å². The zero-order valence-corrected chi connectivity index (χ0v) is 34.6. The Bertz CT molecular complexity index is 2400. The number of fused-ring (bicyclic) bond motifs is 2. The second-order valence-electron chi connectivity index (χ2n) is 17.5. The van der Waals surface area contributed by atoms with Crippen LogP contribution < -0.4 is 15.8 Å². The van der Waals surface area contributed by atoms with Gasteiger partial charge in [0.2, 0.25) is 11.8 Å². The van der Waals surface area contributed by atoms with E-state index in [1.165, 1.54) is 18.4 Å². The number of ether oxygens (including phenoxy) is 1. The average molecular weight is 823 g/mol. The molecule has 0 aliphatic carbocycles. The van der Waals surface area contributed by atoms with E-state index in [9.17, 15) is 14.4 Å². The maximum Gasteiger partial charge on any atom is 0.255 e. The van der Waals surface area contributed by atoms with Crippen LogP contribution in [0.2, 0.25) is 0 Å². The monoisotopic (exact) mass is 822 g/mol. The summed E-state index contributed by atoms with van der Waals surface area (Å²) >= 11 is 0. The summed E-state index contributed by atoms with van der Waals surface area (Å²) in [7, 11) is 0. The fourth-order valence-corrected chi connectivity index (χ4v) is 10.4. The molecule has 0 bridgehead atoms. The number of aromatic nitrogens is 4. The first-order chi connectivity index (χ1) is 29.8. The number of hydrogen-bond acceptors (Lipinski definition) is 11. The molecule has 3 N–H and O–H groups in total. The Hall–Kier alpha value is -5.70. The average Bonchev–Trinajstić information content (AvgIpc) is 3.85. The maximum atomic E-state index is 13.2. The van der Waals surface area contributed by atoms with Gasteiger partial charge in [0.05, 0.1) is 11.4 Å². The fraction of sp³-hybridized carbons (Fsp3) is 0.447. The Morgan fingerprint density at radius 2 is 1.43 bits per heavy atom. The van der Waals surface area contributed by atoms with Gasteiger partial charge in [-0.1, -0.05) is 30.3 Å². The normalized spacial score (nSPS) is 21.6. The van der Waals surface area contributed by atoms with E-state index in [1.807, 2.05) is 60.7 Å². The summed E-state index contributed by atoms with van der Waals surface area (Å²) in [5.41, 5.74) is 12.0. The Labute approximate surface area is 356 Å². The van der Waals surface area contributed by atoms with E-state index in [0.717, 1.165) is 117 Å². The first kappa shape index (κ1) is 39.4. The van der Waals surface area contributed by atoms with Gasteiger partial charge in [-0.15, -0.1) is 0 Å². The molecule has 4 saturated heterocycles. The third kappa shape index (κ3) is 8.11. The van der Waals surface area contributed by atoms with Gasteiger partial charge in [0, 0.05) is 56.3 Å². The molecule has 1 atom stereocenters. The smallest absolute Gasteiger partial charge is 0.255 e. The van der Waals surface area contributed by atoms with Crippen LogP contribution in [-0.4, -0.2) is 122 Å². The van der Waals surface area contributed by atoms with E-state index >= 15 is 0 Å². The third-order valence-corrected chi connectivity index (χ3v) is 13.9. The highest BCUT2D eigenvalue weighted by Gasteiger charge is 2.39. The second kappa shape index (κ2) is 17.0. The molecular weight excluding hydrogens is 769 g/mol. The molecule has 61 heavy (non-hydrogen) atoms. The Kier molecular flexibility index (Phi) is 11.0. The number of nitrogen functional groups attached to an aromatic ring is 1. The lowest BCUT2D eigenvalue weighted by Crippen LogP contribution is -2.52. The van der Waals surface area contributed by atoms with E-state index in [-0.39, 0.29) is 30.2 Å². The van der Waals surface area contributed by atoms with Gasteiger partial charge in [-0.2, -0.15) is 5.10 Å². The fourth-order valence-electron chi connectivity index (χ4n) is 10.4. The van der Waals surface area contributed by atoms with Crippen LogP contribution in [0.3, 0.4) is 0 Å². The maximum absolute atomic E-state index is 13.2. The van der Waals surface area contributed by atoms with Gasteiger partial charge < -0.3 is 30.1 Å². The quantitative estimate of drug-likeness (QED) is 0.169. The molecular formula is C47H54N10O4. The lowest BCUT2D eigenvalue weighted by atomic mass is 9.88. The number of likely N-dealkylation sites (tertiary alicyclic amines) is 3. The first-order valence-electron chi connectivity index (χ1n) is 22.1. The molecule has 5 aliphatic heterocycles. The second-order valence-corrected chi connectivity index (χ2v) is 17.5. The molecule has 5 aliphatic rings. The molecule has 3 aromatic carbocycles. The molecule has 14 heteroatoms. The molecule has 10 rings (SSSR count). The first-order valence-corrected chi connectivity index (χ1v) is 22.1. The summed E-state index contributed by atoms with van der Waals surface area (Å²) in [5, 5.41) is 8.35. The van der Waals surface area contributed by atoms with Crippen molar-refractivity contribution >= 4 is 34.6 Å². The minimum absolute atomic E-state index is 0.107. The number of nitrogens with zero attached hydrogens (tertiary/aromatic N) is 8. The Morgan fingerprint density at radius 3 is 2.15 bits per heavy atom. The molecule has 0 spiro atoms. The Morgan fingerprint density at radius 1 is 0.738 bits per heavy atom. The topological polar surface area (TPSA) is 155 Å². The minimum atomic E-state index is -0.577. The molecule has 1 unspecified atom stereocenters. The number of rotatable bonds is 10. The molecule has 4 fully saturated rings. The number of carbonyl (C=O) groups is 3. The molecule has 0 saturated carbocycles. The SMILES string of the molecule is Nc1ncnc2c1c(-c1ccc(Oc3ccccc3)cc1)nn2C1CCN(C2CCN(CCN3CCC(c4ccc5c(c4)CN(C4CCC(=O)NC4=O)C5=O)CC3)CC2)CC1. The van der Waals surface area contributed by atoms with Crippen molar-refractivity contribution in [3.63, 3.8) is 0 Å². The zero-order valence-electron chi connectivity index (χ0n) is 34.6. The number of benzene rings is 3. The highest BCUT2D eigenvalue weighted by molar-refractivity contribution is 6.05. The zero-order chi connectivity index (χ0) is 41.5. The van der Waals surface area contributed by atoms with Gasteiger partial charge in [-0.3, -0.25) is 19.7 Å². The van der Waals surface area contributed by atoms with Gasteiger partial charge in [0.1, 0.15) is 35.4 Å². The predicted octanol–water partition coefficient (Wildman–Crippen LogP) is 5.61. The van der Waals surface area contributed by atoms with Crippen molar-refractivity contribution in [2.24, 2.45) is 0 Å². The van der Waals surface area contributed by atoms with Crippen molar-refractivity contribution in [1.29, 1.82) is 0 Å². The van der Waals surface area contributed by atoms with Crippen molar-refractivity contribution in [3.05, 3.63) is 95.8 Å². The summed E-state index contributed by atoms with van der Waals surface area (Å²) in [6.07, 6.45) is 8.86. The largest absolute Gasteiger partial charge is 0.457 e. The number of amides is 3. The highest BCUT2D eigenvalue weighted by atomic mass is 16.5. The molecule has 0 radical (unpaired) electrons.